The van der Waals surface area contributed by atoms with E-state index in [1.54, 1.807) is 54.6 Å². The summed E-state index contributed by atoms with van der Waals surface area (Å²) < 4.78 is 34.7. The highest BCUT2D eigenvalue weighted by Crippen LogP contribution is 2.28. The summed E-state index contributed by atoms with van der Waals surface area (Å²) in [6.45, 7) is 6.74. The van der Waals surface area contributed by atoms with Crippen LogP contribution >= 0.6 is 23.2 Å². The normalized spacial score (nSPS) is 12.2. The van der Waals surface area contributed by atoms with Gasteiger partial charge in [0, 0.05) is 28.5 Å². The Balaban J connectivity index is 1.84. The summed E-state index contributed by atoms with van der Waals surface area (Å²) in [5.74, 6) is -0.474. The number of sulfonamides is 1. The van der Waals surface area contributed by atoms with Crippen molar-refractivity contribution in [2.24, 2.45) is 0 Å². The van der Waals surface area contributed by atoms with E-state index in [1.165, 1.54) is 24.1 Å². The first-order chi connectivity index (χ1) is 22.2. The first kappa shape index (κ1) is 35.8. The van der Waals surface area contributed by atoms with Crippen LogP contribution in [0.1, 0.15) is 37.5 Å². The Bertz CT molecular complexity index is 1790. The lowest BCUT2D eigenvalue weighted by Crippen LogP contribution is -2.56. The van der Waals surface area contributed by atoms with Gasteiger partial charge in [-0.1, -0.05) is 77.3 Å². The zero-order valence-corrected chi connectivity index (χ0v) is 29.4. The fourth-order valence-electron chi connectivity index (χ4n) is 4.95. The number of carbonyl (C=O) groups excluding carboxylic acids is 2. The molecule has 1 N–H and O–H groups in total. The number of benzene rings is 4. The molecular weight excluding hydrogens is 657 g/mol. The van der Waals surface area contributed by atoms with Gasteiger partial charge in [-0.3, -0.25) is 13.9 Å². The van der Waals surface area contributed by atoms with E-state index in [4.69, 9.17) is 27.9 Å². The van der Waals surface area contributed by atoms with Gasteiger partial charge in [-0.25, -0.2) is 8.42 Å². The molecule has 4 aromatic rings. The number of nitrogens with zero attached hydrogens (tertiary/aromatic N) is 2. The number of rotatable bonds is 12. The first-order valence-corrected chi connectivity index (χ1v) is 17.2. The number of hydrogen-bond acceptors (Lipinski definition) is 5. The van der Waals surface area contributed by atoms with Crippen LogP contribution in [-0.4, -0.2) is 50.4 Å². The molecule has 0 aliphatic rings. The molecule has 2 amide bonds. The van der Waals surface area contributed by atoms with E-state index >= 15 is 0 Å². The molecule has 0 heterocycles. The molecule has 4 rings (SSSR count). The van der Waals surface area contributed by atoms with E-state index < -0.39 is 40.0 Å². The van der Waals surface area contributed by atoms with Crippen LogP contribution in [0.4, 0.5) is 5.69 Å². The quantitative estimate of drug-likeness (QED) is 0.171. The van der Waals surface area contributed by atoms with Gasteiger partial charge >= 0.3 is 0 Å². The molecule has 0 fully saturated rings. The van der Waals surface area contributed by atoms with Gasteiger partial charge in [0.05, 0.1) is 17.7 Å². The summed E-state index contributed by atoms with van der Waals surface area (Å²) in [6.07, 6.45) is 0.174. The second kappa shape index (κ2) is 15.2. The van der Waals surface area contributed by atoms with E-state index in [2.05, 4.69) is 5.32 Å². The molecule has 0 aromatic heterocycles. The van der Waals surface area contributed by atoms with E-state index in [1.807, 2.05) is 58.0 Å². The van der Waals surface area contributed by atoms with Crippen LogP contribution in [0, 0.1) is 6.92 Å². The number of carbonyl (C=O) groups is 2. The molecule has 0 radical (unpaired) electrons. The second-order valence-electron chi connectivity index (χ2n) is 12.2. The number of nitrogens with one attached hydrogen (secondary N) is 1. The topological polar surface area (TPSA) is 96.0 Å². The van der Waals surface area contributed by atoms with E-state index in [0.29, 0.717) is 21.4 Å². The average Bonchev–Trinajstić information content (AvgIpc) is 3.02. The first-order valence-electron chi connectivity index (χ1n) is 15.0. The van der Waals surface area contributed by atoms with Gasteiger partial charge in [0.25, 0.3) is 10.0 Å². The fourth-order valence-corrected chi connectivity index (χ4v) is 6.84. The minimum atomic E-state index is -4.24. The summed E-state index contributed by atoms with van der Waals surface area (Å²) in [5.41, 5.74) is 1.89. The summed E-state index contributed by atoms with van der Waals surface area (Å²) in [6, 6.07) is 26.0. The summed E-state index contributed by atoms with van der Waals surface area (Å²) in [5, 5.41) is 3.73. The Morgan fingerprint density at radius 3 is 2.11 bits per heavy atom. The monoisotopic (exact) mass is 695 g/mol. The second-order valence-corrected chi connectivity index (χ2v) is 14.9. The third-order valence-corrected chi connectivity index (χ3v) is 9.75. The summed E-state index contributed by atoms with van der Waals surface area (Å²) in [7, 11) is -2.73. The van der Waals surface area contributed by atoms with Crippen LogP contribution in [0.2, 0.25) is 10.0 Å². The number of anilines is 1. The Morgan fingerprint density at radius 2 is 1.53 bits per heavy atom. The third-order valence-electron chi connectivity index (χ3n) is 7.37. The SMILES string of the molecule is COc1ccc(N(CC(=O)N(Cc2ccc(Cl)cc2Cl)[C@H](Cc2ccccc2)C(=O)NC(C)(C)C)S(=O)(=O)c2ccc(C)cc2)cc1. The van der Waals surface area contributed by atoms with Crippen molar-refractivity contribution >= 4 is 50.7 Å². The summed E-state index contributed by atoms with van der Waals surface area (Å²) in [4.78, 5) is 30.0. The van der Waals surface area contributed by atoms with Crippen molar-refractivity contribution in [2.75, 3.05) is 18.0 Å². The molecule has 0 spiro atoms. The maximum Gasteiger partial charge on any atom is 0.264 e. The van der Waals surface area contributed by atoms with Crippen molar-refractivity contribution in [3.05, 3.63) is 124 Å². The molecule has 0 unspecified atom stereocenters. The number of ether oxygens (including phenoxy) is 1. The Labute approximate surface area is 287 Å². The number of aryl methyl sites for hydroxylation is 1. The van der Waals surface area contributed by atoms with E-state index in [0.717, 1.165) is 15.4 Å². The predicted molar refractivity (Wildman–Crippen MR) is 188 cm³/mol. The molecule has 4 aromatic carbocycles. The third kappa shape index (κ3) is 9.50. The molecular formula is C36H39Cl2N3O5S. The lowest BCUT2D eigenvalue weighted by Gasteiger charge is -2.35. The summed E-state index contributed by atoms with van der Waals surface area (Å²) >= 11 is 12.8. The maximum absolute atomic E-state index is 14.6. The van der Waals surface area contributed by atoms with Gasteiger partial charge in [0.2, 0.25) is 11.8 Å². The molecule has 0 saturated carbocycles. The largest absolute Gasteiger partial charge is 0.497 e. The maximum atomic E-state index is 14.6. The Morgan fingerprint density at radius 1 is 0.894 bits per heavy atom. The smallest absolute Gasteiger partial charge is 0.264 e. The van der Waals surface area contributed by atoms with Crippen LogP contribution in [0.25, 0.3) is 0 Å². The van der Waals surface area contributed by atoms with Gasteiger partial charge in [-0.2, -0.15) is 0 Å². The zero-order chi connectivity index (χ0) is 34.4. The molecule has 0 aliphatic heterocycles. The van der Waals surface area contributed by atoms with Crippen molar-refractivity contribution in [2.45, 2.75) is 57.1 Å². The zero-order valence-electron chi connectivity index (χ0n) is 27.0. The minimum absolute atomic E-state index is 0.0188. The molecule has 11 heteroatoms. The van der Waals surface area contributed by atoms with Crippen LogP contribution in [-0.2, 0) is 32.6 Å². The molecule has 8 nitrogen and oxygen atoms in total. The predicted octanol–water partition coefficient (Wildman–Crippen LogP) is 7.06. The van der Waals surface area contributed by atoms with E-state index in [-0.39, 0.29) is 23.5 Å². The van der Waals surface area contributed by atoms with Gasteiger partial charge in [0.15, 0.2) is 0 Å². The lowest BCUT2D eigenvalue weighted by molar-refractivity contribution is -0.140. The van der Waals surface area contributed by atoms with Gasteiger partial charge in [-0.15, -0.1) is 0 Å². The van der Waals surface area contributed by atoms with Crippen molar-refractivity contribution in [3.8, 4) is 5.75 Å². The fraction of sp³-hybridized carbons (Fsp3) is 0.278. The van der Waals surface area contributed by atoms with Crippen molar-refractivity contribution in [3.63, 3.8) is 0 Å². The molecule has 0 saturated heterocycles. The molecule has 1 atom stereocenters. The molecule has 47 heavy (non-hydrogen) atoms. The Hall–Kier alpha value is -4.05. The van der Waals surface area contributed by atoms with Crippen LogP contribution in [0.5, 0.6) is 5.75 Å². The van der Waals surface area contributed by atoms with Crippen molar-refractivity contribution in [1.82, 2.24) is 10.2 Å². The highest BCUT2D eigenvalue weighted by molar-refractivity contribution is 7.92. The minimum Gasteiger partial charge on any atom is -0.497 e. The molecule has 0 bridgehead atoms. The van der Waals surface area contributed by atoms with Crippen LogP contribution in [0.15, 0.2) is 102 Å². The molecule has 0 aliphatic carbocycles. The van der Waals surface area contributed by atoms with Crippen LogP contribution < -0.4 is 14.4 Å². The van der Waals surface area contributed by atoms with Gasteiger partial charge in [-0.05, 0) is 87.4 Å². The van der Waals surface area contributed by atoms with Gasteiger partial charge < -0.3 is 15.0 Å². The van der Waals surface area contributed by atoms with Crippen LogP contribution in [0.3, 0.4) is 0 Å². The molecule has 248 valence electrons. The standard InChI is InChI=1S/C36H39Cl2N3O5S/c1-25-11-19-31(20-12-25)47(44,45)41(29-15-17-30(46-5)18-16-29)24-34(42)40(23-27-13-14-28(37)22-32(27)38)33(35(43)39-36(2,3)4)21-26-9-7-6-8-10-26/h6-20,22,33H,21,23-24H2,1-5H3,(H,39,43)/t33-/m1/s1. The number of hydrogen-bond donors (Lipinski definition) is 1. The number of halogens is 2. The number of amides is 2. The average molecular weight is 697 g/mol. The lowest BCUT2D eigenvalue weighted by atomic mass is 10.0. The van der Waals surface area contributed by atoms with Gasteiger partial charge in [0.1, 0.15) is 18.3 Å². The highest BCUT2D eigenvalue weighted by atomic mass is 35.5. The van der Waals surface area contributed by atoms with Crippen molar-refractivity contribution < 1.29 is 22.7 Å². The van der Waals surface area contributed by atoms with E-state index in [9.17, 15) is 18.0 Å². The highest BCUT2D eigenvalue weighted by Gasteiger charge is 2.36. The number of methoxy groups -OCH3 is 1. The Kier molecular flexibility index (Phi) is 11.6. The van der Waals surface area contributed by atoms with Crippen molar-refractivity contribution in [1.29, 1.82) is 0 Å².